The molecule has 0 spiro atoms. The molecule has 3 aromatic rings. The number of halogens is 2. The minimum absolute atomic E-state index is 0.0338. The average Bonchev–Trinajstić information content (AvgIpc) is 3.12. The fourth-order valence-electron chi connectivity index (χ4n) is 5.37. The molecule has 0 bridgehead atoms. The van der Waals surface area contributed by atoms with E-state index >= 15 is 0 Å². The molecule has 1 N–H and O–H groups in total. The van der Waals surface area contributed by atoms with Gasteiger partial charge in [-0.2, -0.15) is 0 Å². The van der Waals surface area contributed by atoms with Gasteiger partial charge in [0.05, 0.1) is 21.9 Å². The third-order valence-corrected chi connectivity index (χ3v) is 8.04. The molecule has 0 unspecified atom stereocenters. The lowest BCUT2D eigenvalue weighted by atomic mass is 9.69. The predicted molar refractivity (Wildman–Crippen MR) is 141 cm³/mol. The van der Waals surface area contributed by atoms with Gasteiger partial charge in [0.1, 0.15) is 5.75 Å². The molecule has 2 aromatic carbocycles. The molecule has 0 saturated heterocycles. The largest absolute Gasteiger partial charge is 0.508 e. The Labute approximate surface area is 222 Å². The van der Waals surface area contributed by atoms with Gasteiger partial charge in [-0.05, 0) is 58.0 Å². The first kappa shape index (κ1) is 23.0. The first-order chi connectivity index (χ1) is 17.3. The van der Waals surface area contributed by atoms with Gasteiger partial charge in [-0.1, -0.05) is 41.9 Å². The van der Waals surface area contributed by atoms with Gasteiger partial charge < -0.3 is 5.11 Å². The van der Waals surface area contributed by atoms with Crippen LogP contribution in [-0.2, 0) is 16.1 Å². The van der Waals surface area contributed by atoms with E-state index in [0.29, 0.717) is 31.5 Å². The smallest absolute Gasteiger partial charge is 0.352 e. The third kappa shape index (κ3) is 3.26. The van der Waals surface area contributed by atoms with Crippen LogP contribution in [0.15, 0.2) is 90.6 Å². The highest BCUT2D eigenvalue weighted by Crippen LogP contribution is 2.51. The van der Waals surface area contributed by atoms with Crippen LogP contribution in [0.3, 0.4) is 0 Å². The molecule has 3 aliphatic rings. The van der Waals surface area contributed by atoms with Gasteiger partial charge in [0.25, 0.3) is 0 Å². The van der Waals surface area contributed by atoms with Crippen molar-refractivity contribution in [2.45, 2.75) is 24.9 Å². The summed E-state index contributed by atoms with van der Waals surface area (Å²) in [6, 6.07) is 12.5. The van der Waals surface area contributed by atoms with Crippen LogP contribution in [0, 0.1) is 0 Å². The highest BCUT2D eigenvalue weighted by Gasteiger charge is 2.45. The Morgan fingerprint density at radius 2 is 1.75 bits per heavy atom. The highest BCUT2D eigenvalue weighted by atomic mass is 127. The monoisotopic (exact) mass is 613 g/mol. The van der Waals surface area contributed by atoms with Crippen molar-refractivity contribution >= 4 is 45.8 Å². The number of allylic oxidation sites excluding steroid dienone is 6. The molecule has 8 nitrogen and oxygen atoms in total. The average molecular weight is 614 g/mol. The maximum absolute atomic E-state index is 13.6. The van der Waals surface area contributed by atoms with Crippen molar-refractivity contribution in [1.82, 2.24) is 13.9 Å². The number of nitrogens with zero attached hydrogens (tertiary/aromatic N) is 3. The molecule has 0 fully saturated rings. The van der Waals surface area contributed by atoms with Crippen molar-refractivity contribution in [3.8, 4) is 11.4 Å². The summed E-state index contributed by atoms with van der Waals surface area (Å²) in [4.78, 5) is 53.4. The van der Waals surface area contributed by atoms with Gasteiger partial charge in [-0.25, -0.2) is 23.5 Å². The normalized spacial score (nSPS) is 20.9. The Kier molecular flexibility index (Phi) is 5.31. The number of aromatic hydroxyl groups is 1. The fraction of sp³-hybridized carbons (Fsp3) is 0.154. The van der Waals surface area contributed by atoms with Gasteiger partial charge in [0.15, 0.2) is 11.6 Å². The predicted octanol–water partition coefficient (Wildman–Crippen LogP) is 3.60. The van der Waals surface area contributed by atoms with Gasteiger partial charge in [0.2, 0.25) is 0 Å². The number of carbonyl (C=O) groups is 2. The summed E-state index contributed by atoms with van der Waals surface area (Å²) >= 11 is 8.39. The number of phenolic OH excluding ortho intramolecular Hbond substituents is 1. The SMILES string of the molecule is O=C1C=C(I)C(=O)C2=C1C[C@@H]1C(=CCn3c(=O)n(-c4ccccc4)c(=O)n31)[C@@H]2c1ccc(O)cc1Cl. The molecule has 6 rings (SSSR count). The molecule has 2 atom stereocenters. The van der Waals surface area contributed by atoms with E-state index < -0.39 is 23.3 Å². The van der Waals surface area contributed by atoms with Crippen LogP contribution in [0.25, 0.3) is 5.69 Å². The lowest BCUT2D eigenvalue weighted by Gasteiger charge is -2.39. The van der Waals surface area contributed by atoms with Gasteiger partial charge in [-0.15, -0.1) is 0 Å². The van der Waals surface area contributed by atoms with Crippen molar-refractivity contribution in [2.24, 2.45) is 0 Å². The molecule has 36 heavy (non-hydrogen) atoms. The first-order valence-electron chi connectivity index (χ1n) is 11.2. The van der Waals surface area contributed by atoms with E-state index in [1.54, 1.807) is 36.4 Å². The number of fused-ring (bicyclic) bond motifs is 3. The zero-order chi connectivity index (χ0) is 25.3. The van der Waals surface area contributed by atoms with Crippen molar-refractivity contribution in [3.63, 3.8) is 0 Å². The zero-order valence-electron chi connectivity index (χ0n) is 18.5. The van der Waals surface area contributed by atoms with E-state index in [1.807, 2.05) is 28.7 Å². The lowest BCUT2D eigenvalue weighted by Crippen LogP contribution is -2.40. The molecule has 1 aromatic heterocycles. The molecule has 2 heterocycles. The van der Waals surface area contributed by atoms with Crippen molar-refractivity contribution < 1.29 is 14.7 Å². The molecule has 0 radical (unpaired) electrons. The third-order valence-electron chi connectivity index (χ3n) is 6.91. The number of hydrogen-bond acceptors (Lipinski definition) is 5. The van der Waals surface area contributed by atoms with E-state index in [0.717, 1.165) is 4.57 Å². The second-order valence-electron chi connectivity index (χ2n) is 8.80. The van der Waals surface area contributed by atoms with E-state index in [-0.39, 0.29) is 35.3 Å². The van der Waals surface area contributed by atoms with Crippen molar-refractivity contribution in [3.05, 3.63) is 113 Å². The molecular formula is C26H17ClIN3O5. The number of ketones is 2. The summed E-state index contributed by atoms with van der Waals surface area (Å²) in [6.07, 6.45) is 3.23. The van der Waals surface area contributed by atoms with E-state index in [9.17, 15) is 24.3 Å². The van der Waals surface area contributed by atoms with Crippen LogP contribution in [-0.4, -0.2) is 30.6 Å². The molecule has 10 heteroatoms. The van der Waals surface area contributed by atoms with Crippen molar-refractivity contribution in [2.75, 3.05) is 0 Å². The van der Waals surface area contributed by atoms with Crippen LogP contribution >= 0.6 is 34.2 Å². The summed E-state index contributed by atoms with van der Waals surface area (Å²) in [6.45, 7) is 0.115. The number of phenols is 1. The van der Waals surface area contributed by atoms with Gasteiger partial charge in [-0.3, -0.25) is 9.59 Å². The summed E-state index contributed by atoms with van der Waals surface area (Å²) in [5.41, 5.74) is 1.31. The van der Waals surface area contributed by atoms with Crippen LogP contribution in [0.5, 0.6) is 5.75 Å². The van der Waals surface area contributed by atoms with E-state index in [4.69, 9.17) is 11.6 Å². The number of rotatable bonds is 2. The molecule has 2 aliphatic carbocycles. The standard InChI is InChI=1S/C26H17ClIN3O5/c27-18-10-14(32)6-7-15(18)22-16-8-9-29-25(35)30(13-4-2-1-3-5-13)26(36)31(29)20(16)11-17-21(33)12-19(28)24(34)23(17)22/h1-8,10,12,20,22,32H,9,11H2/t20-,22+/m1/s1. The number of para-hydroxylation sites is 1. The second-order valence-corrected chi connectivity index (χ2v) is 10.4. The lowest BCUT2D eigenvalue weighted by molar-refractivity contribution is -0.115. The summed E-state index contributed by atoms with van der Waals surface area (Å²) < 4.78 is 4.16. The fourth-order valence-corrected chi connectivity index (χ4v) is 6.23. The highest BCUT2D eigenvalue weighted by molar-refractivity contribution is 14.1. The van der Waals surface area contributed by atoms with Crippen LogP contribution < -0.4 is 11.4 Å². The van der Waals surface area contributed by atoms with Crippen LogP contribution in [0.2, 0.25) is 5.02 Å². The Bertz CT molecular complexity index is 1710. The van der Waals surface area contributed by atoms with Crippen LogP contribution in [0.4, 0.5) is 0 Å². The maximum atomic E-state index is 13.6. The number of carbonyl (C=O) groups excluding carboxylic acids is 2. The number of Topliss-reactive ketones (excluding diaryl/α,β-unsaturated/α-hetero) is 1. The molecule has 1 aliphatic heterocycles. The number of benzene rings is 2. The number of aromatic nitrogens is 3. The Balaban J connectivity index is 1.61. The first-order valence-corrected chi connectivity index (χ1v) is 12.6. The van der Waals surface area contributed by atoms with Gasteiger partial charge >= 0.3 is 11.4 Å². The Morgan fingerprint density at radius 3 is 2.47 bits per heavy atom. The zero-order valence-corrected chi connectivity index (χ0v) is 21.4. The Hall–Kier alpha value is -3.44. The maximum Gasteiger partial charge on any atom is 0.352 e. The molecule has 0 amide bonds. The number of hydrogen-bond donors (Lipinski definition) is 1. The minimum Gasteiger partial charge on any atom is -0.508 e. The van der Waals surface area contributed by atoms with E-state index in [1.165, 1.54) is 27.6 Å². The quantitative estimate of drug-likeness (QED) is 0.270. The second kappa shape index (κ2) is 8.31. The van der Waals surface area contributed by atoms with Crippen LogP contribution in [0.1, 0.15) is 23.9 Å². The summed E-state index contributed by atoms with van der Waals surface area (Å²) in [5.74, 6) is -1.31. The molecular weight excluding hydrogens is 597 g/mol. The van der Waals surface area contributed by atoms with Gasteiger partial charge in [0, 0.05) is 34.6 Å². The summed E-state index contributed by atoms with van der Waals surface area (Å²) in [5, 5.41) is 10.1. The minimum atomic E-state index is -0.711. The topological polar surface area (TPSA) is 103 Å². The summed E-state index contributed by atoms with van der Waals surface area (Å²) in [7, 11) is 0. The van der Waals surface area contributed by atoms with Crippen molar-refractivity contribution in [1.29, 1.82) is 0 Å². The molecule has 180 valence electrons. The Morgan fingerprint density at radius 1 is 1.00 bits per heavy atom. The van der Waals surface area contributed by atoms with E-state index in [2.05, 4.69) is 0 Å². The molecule has 0 saturated carbocycles.